The van der Waals surface area contributed by atoms with Crippen molar-refractivity contribution in [2.45, 2.75) is 109 Å². The number of carbonyl (C=O) groups excluding carboxylic acids is 2. The Labute approximate surface area is 239 Å². The number of amides is 2. The second-order valence-corrected chi connectivity index (χ2v) is 14.8. The van der Waals surface area contributed by atoms with E-state index in [1.165, 1.54) is 50.0 Å². The minimum atomic E-state index is -0.631. The van der Waals surface area contributed by atoms with Crippen LogP contribution in [0.15, 0.2) is 30.3 Å². The molecule has 39 heavy (non-hydrogen) atoms. The van der Waals surface area contributed by atoms with Gasteiger partial charge in [-0.3, -0.25) is 15.0 Å². The summed E-state index contributed by atoms with van der Waals surface area (Å²) in [4.78, 5) is 25.4. The molecule has 11 atom stereocenters. The Balaban J connectivity index is 1.06. The SMILES string of the molecule is C[C@H](CCC(=O)NN1C(=O)[C@H](Cl)[C@H]1c1ccccc1)[C@H]1CC[C@H]2[C@@H]3CC[C@H]4C[C@H](O)CC[C@]4(C)[C@H]3CC[C@]12C. The number of halogens is 1. The van der Waals surface area contributed by atoms with Gasteiger partial charge in [-0.25, -0.2) is 5.01 Å². The molecule has 0 spiro atoms. The van der Waals surface area contributed by atoms with E-state index in [-0.39, 0.29) is 24.0 Å². The summed E-state index contributed by atoms with van der Waals surface area (Å²) in [7, 11) is 0. The molecule has 6 rings (SSSR count). The quantitative estimate of drug-likeness (QED) is 0.306. The van der Waals surface area contributed by atoms with E-state index in [0.29, 0.717) is 35.0 Å². The fraction of sp³-hybridized carbons (Fsp3) is 0.758. The van der Waals surface area contributed by atoms with Crippen molar-refractivity contribution in [3.63, 3.8) is 0 Å². The summed E-state index contributed by atoms with van der Waals surface area (Å²) in [6, 6.07) is 9.38. The van der Waals surface area contributed by atoms with Crippen molar-refractivity contribution in [1.82, 2.24) is 10.4 Å². The number of nitrogens with zero attached hydrogens (tertiary/aromatic N) is 1. The first kappa shape index (κ1) is 27.6. The average Bonchev–Trinajstić information content (AvgIpc) is 3.29. The third-order valence-electron chi connectivity index (χ3n) is 12.6. The Hall–Kier alpha value is -1.59. The lowest BCUT2D eigenvalue weighted by atomic mass is 9.44. The third-order valence-corrected chi connectivity index (χ3v) is 13.1. The van der Waals surface area contributed by atoms with Gasteiger partial charge in [0.1, 0.15) is 11.4 Å². The van der Waals surface area contributed by atoms with E-state index in [9.17, 15) is 14.7 Å². The van der Waals surface area contributed by atoms with Crippen molar-refractivity contribution in [3.8, 4) is 0 Å². The van der Waals surface area contributed by atoms with Gasteiger partial charge in [0.05, 0.1) is 6.10 Å². The zero-order valence-electron chi connectivity index (χ0n) is 23.9. The number of aliphatic hydroxyl groups is 1. The molecular weight excluding hydrogens is 508 g/mol. The number of β-lactam (4-membered cyclic amide) rings is 1. The zero-order valence-corrected chi connectivity index (χ0v) is 24.7. The molecule has 4 saturated carbocycles. The summed E-state index contributed by atoms with van der Waals surface area (Å²) in [6.07, 6.45) is 12.3. The standard InChI is InChI=1S/C33H47ClN2O3/c1-20(9-14-28(38)35-36-30(29(34)31(36)39)21-7-5-4-6-8-21)25-12-13-26-24-11-10-22-19-23(37)15-17-32(22,2)27(24)16-18-33(25,26)3/h4-8,20,22-27,29-30,37H,9-19H2,1-3H3,(H,35,38)/t20-,22+,23-,24+,25-,26+,27+,29-,30-,32+,33-/m1/s1. The third kappa shape index (κ3) is 4.54. The molecule has 2 N–H and O–H groups in total. The molecule has 5 aliphatic rings. The number of aliphatic hydroxyl groups excluding tert-OH is 1. The molecule has 1 aliphatic heterocycles. The van der Waals surface area contributed by atoms with Crippen LogP contribution in [-0.2, 0) is 9.59 Å². The van der Waals surface area contributed by atoms with Crippen molar-refractivity contribution in [2.75, 3.05) is 0 Å². The van der Waals surface area contributed by atoms with Crippen LogP contribution in [-0.4, -0.2) is 33.4 Å². The molecule has 6 heteroatoms. The van der Waals surface area contributed by atoms with Gasteiger partial charge in [0.2, 0.25) is 5.91 Å². The predicted octanol–water partition coefficient (Wildman–Crippen LogP) is 6.64. The van der Waals surface area contributed by atoms with Gasteiger partial charge in [-0.2, -0.15) is 0 Å². The largest absolute Gasteiger partial charge is 0.393 e. The first-order valence-corrected chi connectivity index (χ1v) is 16.1. The van der Waals surface area contributed by atoms with Crippen LogP contribution in [0.5, 0.6) is 0 Å². The van der Waals surface area contributed by atoms with E-state index < -0.39 is 5.38 Å². The number of carbonyl (C=O) groups is 2. The van der Waals surface area contributed by atoms with E-state index in [4.69, 9.17) is 11.6 Å². The summed E-state index contributed by atoms with van der Waals surface area (Å²) in [5.41, 5.74) is 4.60. The topological polar surface area (TPSA) is 69.6 Å². The maximum atomic E-state index is 13.0. The molecular formula is C33H47ClN2O3. The summed E-state index contributed by atoms with van der Waals surface area (Å²) >= 11 is 6.32. The summed E-state index contributed by atoms with van der Waals surface area (Å²) < 4.78 is 0. The molecule has 4 aliphatic carbocycles. The highest BCUT2D eigenvalue weighted by atomic mass is 35.5. The Kier molecular flexibility index (Phi) is 7.32. The molecule has 1 aromatic rings. The van der Waals surface area contributed by atoms with E-state index in [2.05, 4.69) is 26.2 Å². The molecule has 2 amide bonds. The lowest BCUT2D eigenvalue weighted by Crippen LogP contribution is -2.63. The Bertz CT molecular complexity index is 1080. The van der Waals surface area contributed by atoms with Crippen molar-refractivity contribution >= 4 is 23.4 Å². The van der Waals surface area contributed by atoms with E-state index in [1.54, 1.807) is 0 Å². The van der Waals surface area contributed by atoms with E-state index in [1.807, 2.05) is 30.3 Å². The van der Waals surface area contributed by atoms with Crippen LogP contribution in [0.3, 0.4) is 0 Å². The number of nitrogens with one attached hydrogen (secondary N) is 1. The van der Waals surface area contributed by atoms with Gasteiger partial charge in [-0.05, 0) is 116 Å². The molecule has 5 nitrogen and oxygen atoms in total. The lowest BCUT2D eigenvalue weighted by molar-refractivity contribution is -0.156. The van der Waals surface area contributed by atoms with Gasteiger partial charge in [0.15, 0.2) is 0 Å². The van der Waals surface area contributed by atoms with Crippen LogP contribution < -0.4 is 5.43 Å². The molecule has 214 valence electrons. The molecule has 0 unspecified atom stereocenters. The number of fused-ring (bicyclic) bond motifs is 5. The van der Waals surface area contributed by atoms with Gasteiger partial charge in [-0.1, -0.05) is 51.1 Å². The molecule has 1 aromatic carbocycles. The maximum absolute atomic E-state index is 13.0. The van der Waals surface area contributed by atoms with Gasteiger partial charge in [0, 0.05) is 6.42 Å². The van der Waals surface area contributed by atoms with Crippen molar-refractivity contribution in [2.24, 2.45) is 46.3 Å². The zero-order chi connectivity index (χ0) is 27.5. The number of alkyl halides is 1. The minimum absolute atomic E-state index is 0.0813. The normalized spacial score (nSPS) is 44.0. The van der Waals surface area contributed by atoms with Crippen molar-refractivity contribution in [1.29, 1.82) is 0 Å². The van der Waals surface area contributed by atoms with Gasteiger partial charge in [-0.15, -0.1) is 11.6 Å². The van der Waals surface area contributed by atoms with Crippen LogP contribution >= 0.6 is 11.6 Å². The molecule has 1 heterocycles. The van der Waals surface area contributed by atoms with Gasteiger partial charge >= 0.3 is 0 Å². The fourth-order valence-corrected chi connectivity index (χ4v) is 10.9. The van der Waals surface area contributed by atoms with Crippen LogP contribution in [0, 0.1) is 46.3 Å². The number of hydrazine groups is 1. The Morgan fingerprint density at radius 3 is 2.54 bits per heavy atom. The molecule has 0 aromatic heterocycles. The van der Waals surface area contributed by atoms with Gasteiger partial charge < -0.3 is 5.11 Å². The van der Waals surface area contributed by atoms with Crippen LogP contribution in [0.4, 0.5) is 0 Å². The number of hydrogen-bond donors (Lipinski definition) is 2. The summed E-state index contributed by atoms with van der Waals surface area (Å²) in [5, 5.41) is 11.1. The number of rotatable bonds is 6. The first-order chi connectivity index (χ1) is 18.6. The van der Waals surface area contributed by atoms with Gasteiger partial charge in [0.25, 0.3) is 5.91 Å². The fourth-order valence-electron chi connectivity index (χ4n) is 10.5. The molecule has 0 bridgehead atoms. The highest BCUT2D eigenvalue weighted by molar-refractivity contribution is 6.33. The van der Waals surface area contributed by atoms with Crippen LogP contribution in [0.25, 0.3) is 0 Å². The monoisotopic (exact) mass is 554 g/mol. The highest BCUT2D eigenvalue weighted by Crippen LogP contribution is 2.68. The molecule has 0 radical (unpaired) electrons. The van der Waals surface area contributed by atoms with E-state index >= 15 is 0 Å². The summed E-state index contributed by atoms with van der Waals surface area (Å²) in [6.45, 7) is 7.49. The Morgan fingerprint density at radius 2 is 1.77 bits per heavy atom. The number of benzene rings is 1. The average molecular weight is 555 g/mol. The number of hydrogen-bond acceptors (Lipinski definition) is 3. The first-order valence-electron chi connectivity index (χ1n) is 15.6. The molecule has 1 saturated heterocycles. The van der Waals surface area contributed by atoms with Crippen molar-refractivity contribution < 1.29 is 14.7 Å². The van der Waals surface area contributed by atoms with Crippen LogP contribution in [0.2, 0.25) is 0 Å². The second-order valence-electron chi connectivity index (χ2n) is 14.3. The van der Waals surface area contributed by atoms with Crippen molar-refractivity contribution in [3.05, 3.63) is 35.9 Å². The van der Waals surface area contributed by atoms with E-state index in [0.717, 1.165) is 42.6 Å². The maximum Gasteiger partial charge on any atom is 0.262 e. The Morgan fingerprint density at radius 1 is 1.05 bits per heavy atom. The van der Waals surface area contributed by atoms with Crippen LogP contribution in [0.1, 0.15) is 103 Å². The predicted molar refractivity (Wildman–Crippen MR) is 153 cm³/mol. The second kappa shape index (κ2) is 10.4. The highest BCUT2D eigenvalue weighted by Gasteiger charge is 2.60. The molecule has 5 fully saturated rings. The summed E-state index contributed by atoms with van der Waals surface area (Å²) in [5.74, 6) is 3.97. The lowest BCUT2D eigenvalue weighted by Gasteiger charge is -2.61. The smallest absolute Gasteiger partial charge is 0.262 e. The minimum Gasteiger partial charge on any atom is -0.393 e.